The topological polar surface area (TPSA) is 86.7 Å². The van der Waals surface area contributed by atoms with Crippen LogP contribution in [0.15, 0.2) is 41.0 Å². The minimum absolute atomic E-state index is 0.510. The van der Waals surface area contributed by atoms with E-state index in [-0.39, 0.29) is 0 Å². The predicted octanol–water partition coefficient (Wildman–Crippen LogP) is 3.67. The zero-order valence-electron chi connectivity index (χ0n) is 16.9. The number of hydrogen-bond acceptors (Lipinski definition) is 7. The average Bonchev–Trinajstić information content (AvgIpc) is 3.40. The lowest BCUT2D eigenvalue weighted by Crippen LogP contribution is -2.12. The normalized spacial score (nSPS) is 11.0. The van der Waals surface area contributed by atoms with E-state index in [2.05, 4.69) is 20.4 Å². The van der Waals surface area contributed by atoms with Crippen molar-refractivity contribution in [2.24, 2.45) is 0 Å². The molecule has 0 amide bonds. The van der Waals surface area contributed by atoms with Crippen LogP contribution in [0.4, 0.5) is 5.82 Å². The van der Waals surface area contributed by atoms with E-state index in [0.29, 0.717) is 23.9 Å². The highest BCUT2D eigenvalue weighted by molar-refractivity contribution is 5.56. The van der Waals surface area contributed by atoms with Crippen molar-refractivity contribution in [3.05, 3.63) is 53.4 Å². The number of methoxy groups -OCH3 is 2. The predicted molar refractivity (Wildman–Crippen MR) is 110 cm³/mol. The van der Waals surface area contributed by atoms with Crippen LogP contribution in [0, 0.1) is 13.8 Å². The largest absolute Gasteiger partial charge is 0.493 e. The number of nitrogens with zero attached hydrogens (tertiary/aromatic N) is 4. The minimum atomic E-state index is 0.510. The zero-order chi connectivity index (χ0) is 20.4. The van der Waals surface area contributed by atoms with Crippen molar-refractivity contribution in [2.45, 2.75) is 20.3 Å². The number of aromatic nitrogens is 4. The molecule has 0 spiro atoms. The maximum atomic E-state index is 5.42. The van der Waals surface area contributed by atoms with Gasteiger partial charge in [-0.25, -0.2) is 4.98 Å². The first-order valence-corrected chi connectivity index (χ1v) is 9.33. The quantitative estimate of drug-likeness (QED) is 0.512. The van der Waals surface area contributed by atoms with E-state index >= 15 is 0 Å². The van der Waals surface area contributed by atoms with Crippen LogP contribution >= 0.6 is 0 Å². The Bertz CT molecular complexity index is 1140. The van der Waals surface area contributed by atoms with Crippen LogP contribution in [-0.2, 0) is 6.42 Å². The highest BCUT2D eigenvalue weighted by Crippen LogP contribution is 2.28. The molecule has 150 valence electrons. The summed E-state index contributed by atoms with van der Waals surface area (Å²) in [4.78, 5) is 9.05. The second kappa shape index (κ2) is 7.83. The average molecular weight is 393 g/mol. The van der Waals surface area contributed by atoms with Crippen LogP contribution < -0.4 is 14.8 Å². The Morgan fingerprint density at radius 3 is 2.62 bits per heavy atom. The van der Waals surface area contributed by atoms with Gasteiger partial charge in [0, 0.05) is 17.8 Å². The van der Waals surface area contributed by atoms with Crippen LogP contribution in [0.2, 0.25) is 0 Å². The van der Waals surface area contributed by atoms with E-state index in [9.17, 15) is 0 Å². The summed E-state index contributed by atoms with van der Waals surface area (Å²) in [5.41, 5.74) is 3.08. The number of rotatable bonds is 7. The molecule has 3 aromatic heterocycles. The number of fused-ring (bicyclic) bond motifs is 1. The van der Waals surface area contributed by atoms with Crippen LogP contribution in [0.25, 0.3) is 17.4 Å². The van der Waals surface area contributed by atoms with Crippen LogP contribution in [0.3, 0.4) is 0 Å². The van der Waals surface area contributed by atoms with Gasteiger partial charge in [-0.15, -0.1) is 5.10 Å². The molecular formula is C21H23N5O3. The summed E-state index contributed by atoms with van der Waals surface area (Å²) in [6.07, 6.45) is 2.41. The van der Waals surface area contributed by atoms with E-state index in [1.807, 2.05) is 44.2 Å². The van der Waals surface area contributed by atoms with Gasteiger partial charge >= 0.3 is 0 Å². The zero-order valence-corrected chi connectivity index (χ0v) is 16.9. The summed E-state index contributed by atoms with van der Waals surface area (Å²) in [6, 6.07) is 9.59. The number of nitrogens with one attached hydrogen (secondary N) is 1. The van der Waals surface area contributed by atoms with Crippen molar-refractivity contribution >= 4 is 11.6 Å². The Hall–Kier alpha value is -3.55. The first-order valence-electron chi connectivity index (χ1n) is 9.33. The first-order chi connectivity index (χ1) is 14.1. The number of furan rings is 1. The van der Waals surface area contributed by atoms with Gasteiger partial charge in [-0.1, -0.05) is 6.07 Å². The third-order valence-corrected chi connectivity index (χ3v) is 4.86. The Morgan fingerprint density at radius 1 is 1.07 bits per heavy atom. The number of aryl methyl sites for hydroxylation is 1. The summed E-state index contributed by atoms with van der Waals surface area (Å²) in [6.45, 7) is 4.70. The van der Waals surface area contributed by atoms with Crippen molar-refractivity contribution in [2.75, 3.05) is 26.1 Å². The monoisotopic (exact) mass is 393 g/mol. The SMILES string of the molecule is COc1ccc(CCNc2c(C)c(C)nc3nc(-c4ccco4)nn23)cc1OC. The molecule has 0 aliphatic carbocycles. The van der Waals surface area contributed by atoms with Crippen molar-refractivity contribution in [3.8, 4) is 23.1 Å². The van der Waals surface area contributed by atoms with Gasteiger partial charge in [0.25, 0.3) is 5.78 Å². The van der Waals surface area contributed by atoms with Crippen molar-refractivity contribution in [1.82, 2.24) is 19.6 Å². The molecule has 29 heavy (non-hydrogen) atoms. The van der Waals surface area contributed by atoms with Crippen molar-refractivity contribution < 1.29 is 13.9 Å². The van der Waals surface area contributed by atoms with E-state index < -0.39 is 0 Å². The Kier molecular flexibility index (Phi) is 5.07. The molecule has 0 unspecified atom stereocenters. The number of benzene rings is 1. The molecule has 0 radical (unpaired) electrons. The van der Waals surface area contributed by atoms with E-state index in [0.717, 1.165) is 40.6 Å². The molecular weight excluding hydrogens is 370 g/mol. The Labute approximate surface area is 168 Å². The molecule has 0 fully saturated rings. The lowest BCUT2D eigenvalue weighted by molar-refractivity contribution is 0.354. The molecule has 4 rings (SSSR count). The molecule has 0 saturated heterocycles. The number of anilines is 1. The highest BCUT2D eigenvalue weighted by atomic mass is 16.5. The van der Waals surface area contributed by atoms with Crippen LogP contribution in [0.1, 0.15) is 16.8 Å². The second-order valence-corrected chi connectivity index (χ2v) is 6.66. The molecule has 0 atom stereocenters. The maximum absolute atomic E-state index is 5.42. The van der Waals surface area contributed by atoms with Crippen molar-refractivity contribution in [3.63, 3.8) is 0 Å². The lowest BCUT2D eigenvalue weighted by atomic mass is 10.1. The minimum Gasteiger partial charge on any atom is -0.493 e. The molecule has 1 aromatic carbocycles. The van der Waals surface area contributed by atoms with Gasteiger partial charge in [0.2, 0.25) is 5.82 Å². The van der Waals surface area contributed by atoms with Gasteiger partial charge in [0.05, 0.1) is 20.5 Å². The summed E-state index contributed by atoms with van der Waals surface area (Å²) in [5.74, 6) is 3.98. The summed E-state index contributed by atoms with van der Waals surface area (Å²) in [5, 5.41) is 8.07. The summed E-state index contributed by atoms with van der Waals surface area (Å²) >= 11 is 0. The molecule has 1 N–H and O–H groups in total. The summed E-state index contributed by atoms with van der Waals surface area (Å²) < 4.78 is 17.8. The number of hydrogen-bond donors (Lipinski definition) is 1. The standard InChI is InChI=1S/C21H23N5O3/c1-13-14(2)23-21-24-19(17-6-5-11-29-17)25-26(21)20(13)22-10-9-15-7-8-16(27-3)18(12-15)28-4/h5-8,11-12,22H,9-10H2,1-4H3. The van der Waals surface area contributed by atoms with E-state index in [1.54, 1.807) is 25.0 Å². The first kappa shape index (κ1) is 18.8. The molecule has 0 aliphatic rings. The molecule has 0 saturated carbocycles. The fraction of sp³-hybridized carbons (Fsp3) is 0.286. The van der Waals surface area contributed by atoms with Crippen LogP contribution in [0.5, 0.6) is 11.5 Å². The molecule has 0 bridgehead atoms. The smallest absolute Gasteiger partial charge is 0.255 e. The third kappa shape index (κ3) is 3.61. The molecule has 8 nitrogen and oxygen atoms in total. The van der Waals surface area contributed by atoms with Gasteiger partial charge < -0.3 is 19.2 Å². The van der Waals surface area contributed by atoms with Gasteiger partial charge in [0.15, 0.2) is 17.3 Å². The molecule has 4 aromatic rings. The Balaban J connectivity index is 1.58. The Morgan fingerprint density at radius 2 is 1.90 bits per heavy atom. The fourth-order valence-electron chi connectivity index (χ4n) is 3.17. The fourth-order valence-corrected chi connectivity index (χ4v) is 3.17. The maximum Gasteiger partial charge on any atom is 0.255 e. The molecule has 0 aliphatic heterocycles. The van der Waals surface area contributed by atoms with Gasteiger partial charge in [-0.2, -0.15) is 9.50 Å². The highest BCUT2D eigenvalue weighted by Gasteiger charge is 2.16. The third-order valence-electron chi connectivity index (χ3n) is 4.86. The van der Waals surface area contributed by atoms with Crippen molar-refractivity contribution in [1.29, 1.82) is 0 Å². The van der Waals surface area contributed by atoms with E-state index in [4.69, 9.17) is 13.9 Å². The van der Waals surface area contributed by atoms with E-state index in [1.165, 1.54) is 0 Å². The summed E-state index contributed by atoms with van der Waals surface area (Å²) in [7, 11) is 3.27. The van der Waals surface area contributed by atoms with Gasteiger partial charge in [-0.3, -0.25) is 0 Å². The second-order valence-electron chi connectivity index (χ2n) is 6.66. The van der Waals surface area contributed by atoms with Gasteiger partial charge in [0.1, 0.15) is 5.82 Å². The molecule has 3 heterocycles. The molecule has 8 heteroatoms. The van der Waals surface area contributed by atoms with Crippen LogP contribution in [-0.4, -0.2) is 40.3 Å². The number of ether oxygens (including phenoxy) is 2. The van der Waals surface area contributed by atoms with Gasteiger partial charge in [-0.05, 0) is 50.1 Å². The lowest BCUT2D eigenvalue weighted by Gasteiger charge is -2.13.